The first-order valence-corrected chi connectivity index (χ1v) is 4.65. The van der Waals surface area contributed by atoms with E-state index in [4.69, 9.17) is 17.3 Å². The van der Waals surface area contributed by atoms with Crippen LogP contribution in [0, 0.1) is 0 Å². The molecule has 0 spiro atoms. The first-order chi connectivity index (χ1) is 5.65. The van der Waals surface area contributed by atoms with Gasteiger partial charge in [0.1, 0.15) is 0 Å². The fourth-order valence-corrected chi connectivity index (χ4v) is 1.52. The number of benzene rings is 1. The average Bonchev–Trinajstić information content (AvgIpc) is 2.08. The van der Waals surface area contributed by atoms with Crippen LogP contribution in [0.15, 0.2) is 35.3 Å². The van der Waals surface area contributed by atoms with Crippen LogP contribution in [0.1, 0.15) is 11.6 Å². The molecule has 0 aliphatic heterocycles. The Morgan fingerprint density at radius 3 is 2.83 bits per heavy atom. The number of rotatable bonds is 2. The molecule has 0 aliphatic rings. The van der Waals surface area contributed by atoms with Gasteiger partial charge in [-0.05, 0) is 23.8 Å². The smallest absolute Gasteiger partial charge is 0.0493 e. The van der Waals surface area contributed by atoms with Gasteiger partial charge in [-0.15, -0.1) is 6.58 Å². The van der Waals surface area contributed by atoms with Crippen molar-refractivity contribution in [1.29, 1.82) is 0 Å². The largest absolute Gasteiger partial charge is 0.321 e. The summed E-state index contributed by atoms with van der Waals surface area (Å²) in [7, 11) is 0. The molecule has 0 radical (unpaired) electrons. The lowest BCUT2D eigenvalue weighted by molar-refractivity contribution is 0.913. The van der Waals surface area contributed by atoms with Crippen LogP contribution in [0.3, 0.4) is 0 Å². The molecule has 0 aliphatic carbocycles. The number of halogens is 2. The van der Waals surface area contributed by atoms with Gasteiger partial charge in [-0.1, -0.05) is 33.6 Å². The number of nitrogens with two attached hydrogens (primary N) is 1. The molecule has 0 saturated heterocycles. The molecule has 0 bridgehead atoms. The second-order valence-electron chi connectivity index (χ2n) is 2.43. The Bertz CT molecular complexity index is 299. The molecule has 0 aromatic heterocycles. The average molecular weight is 247 g/mol. The van der Waals surface area contributed by atoms with E-state index >= 15 is 0 Å². The Hall–Kier alpha value is -0.310. The van der Waals surface area contributed by atoms with Crippen LogP contribution in [0.2, 0.25) is 5.02 Å². The molecule has 1 unspecified atom stereocenters. The molecular formula is C9H9BrClN. The highest BCUT2D eigenvalue weighted by Crippen LogP contribution is 2.25. The minimum atomic E-state index is -0.199. The lowest BCUT2D eigenvalue weighted by atomic mass is 10.1. The summed E-state index contributed by atoms with van der Waals surface area (Å²) < 4.78 is 0.971. The van der Waals surface area contributed by atoms with Crippen LogP contribution in [-0.4, -0.2) is 0 Å². The summed E-state index contributed by atoms with van der Waals surface area (Å²) in [6.07, 6.45) is 1.66. The third-order valence-electron chi connectivity index (χ3n) is 1.57. The zero-order valence-electron chi connectivity index (χ0n) is 6.43. The van der Waals surface area contributed by atoms with E-state index < -0.39 is 0 Å². The van der Waals surface area contributed by atoms with Crippen molar-refractivity contribution in [1.82, 2.24) is 0 Å². The molecule has 1 nitrogen and oxygen atoms in total. The van der Waals surface area contributed by atoms with E-state index in [1.165, 1.54) is 0 Å². The highest BCUT2D eigenvalue weighted by molar-refractivity contribution is 9.10. The van der Waals surface area contributed by atoms with Crippen molar-refractivity contribution >= 4 is 27.5 Å². The third kappa shape index (κ3) is 2.09. The van der Waals surface area contributed by atoms with Gasteiger partial charge in [0, 0.05) is 15.5 Å². The number of hydrogen-bond acceptors (Lipinski definition) is 1. The molecule has 3 heteroatoms. The van der Waals surface area contributed by atoms with E-state index in [9.17, 15) is 0 Å². The first kappa shape index (κ1) is 9.78. The molecule has 1 atom stereocenters. The van der Waals surface area contributed by atoms with Crippen molar-refractivity contribution in [3.8, 4) is 0 Å². The number of hydrogen-bond donors (Lipinski definition) is 1. The third-order valence-corrected chi connectivity index (χ3v) is 2.41. The van der Waals surface area contributed by atoms with E-state index in [1.807, 2.05) is 18.2 Å². The fraction of sp³-hybridized carbons (Fsp3) is 0.111. The minimum absolute atomic E-state index is 0.199. The topological polar surface area (TPSA) is 26.0 Å². The molecule has 0 fully saturated rings. The highest BCUT2D eigenvalue weighted by Gasteiger charge is 2.06. The SMILES string of the molecule is C=CC(N)c1cc(Br)ccc1Cl. The van der Waals surface area contributed by atoms with E-state index in [0.717, 1.165) is 10.0 Å². The maximum Gasteiger partial charge on any atom is 0.0493 e. The minimum Gasteiger partial charge on any atom is -0.321 e. The molecule has 12 heavy (non-hydrogen) atoms. The summed E-state index contributed by atoms with van der Waals surface area (Å²) in [6.45, 7) is 3.61. The van der Waals surface area contributed by atoms with E-state index in [1.54, 1.807) is 6.08 Å². The summed E-state index contributed by atoms with van der Waals surface area (Å²) in [5.74, 6) is 0. The molecule has 2 N–H and O–H groups in total. The van der Waals surface area contributed by atoms with Crippen LogP contribution in [0.4, 0.5) is 0 Å². The zero-order valence-corrected chi connectivity index (χ0v) is 8.77. The van der Waals surface area contributed by atoms with Crippen molar-refractivity contribution < 1.29 is 0 Å². The van der Waals surface area contributed by atoms with Crippen LogP contribution < -0.4 is 5.73 Å². The molecule has 1 rings (SSSR count). The molecule has 0 saturated carbocycles. The Labute approximate surface area is 85.3 Å². The maximum absolute atomic E-state index is 5.92. The Kier molecular flexibility index (Phi) is 3.32. The normalized spacial score (nSPS) is 12.6. The van der Waals surface area contributed by atoms with Crippen LogP contribution in [-0.2, 0) is 0 Å². The monoisotopic (exact) mass is 245 g/mol. The van der Waals surface area contributed by atoms with Crippen molar-refractivity contribution in [3.63, 3.8) is 0 Å². The second-order valence-corrected chi connectivity index (χ2v) is 3.75. The van der Waals surface area contributed by atoms with E-state index in [-0.39, 0.29) is 6.04 Å². The predicted molar refractivity (Wildman–Crippen MR) is 56.3 cm³/mol. The lowest BCUT2D eigenvalue weighted by Crippen LogP contribution is -2.06. The van der Waals surface area contributed by atoms with Gasteiger partial charge in [-0.25, -0.2) is 0 Å². The quantitative estimate of drug-likeness (QED) is 0.796. The standard InChI is InChI=1S/C9H9BrClN/c1-2-9(12)7-5-6(10)3-4-8(7)11/h2-5,9H,1,12H2. The van der Waals surface area contributed by atoms with Crippen molar-refractivity contribution in [2.24, 2.45) is 5.73 Å². The van der Waals surface area contributed by atoms with Crippen molar-refractivity contribution in [2.75, 3.05) is 0 Å². The molecule has 64 valence electrons. The Morgan fingerprint density at radius 1 is 1.58 bits per heavy atom. The first-order valence-electron chi connectivity index (χ1n) is 3.48. The van der Waals surface area contributed by atoms with Crippen LogP contribution >= 0.6 is 27.5 Å². The molecule has 0 heterocycles. The van der Waals surface area contributed by atoms with Gasteiger partial charge in [-0.2, -0.15) is 0 Å². The van der Waals surface area contributed by atoms with Crippen LogP contribution in [0.25, 0.3) is 0 Å². The van der Waals surface area contributed by atoms with E-state index in [2.05, 4.69) is 22.5 Å². The van der Waals surface area contributed by atoms with Gasteiger partial charge in [0.25, 0.3) is 0 Å². The molecular weight excluding hydrogens is 237 g/mol. The van der Waals surface area contributed by atoms with Gasteiger partial charge in [0.2, 0.25) is 0 Å². The van der Waals surface area contributed by atoms with Gasteiger partial charge < -0.3 is 5.73 Å². The summed E-state index contributed by atoms with van der Waals surface area (Å²) in [5, 5.41) is 0.672. The fourth-order valence-electron chi connectivity index (χ4n) is 0.897. The lowest BCUT2D eigenvalue weighted by Gasteiger charge is -2.08. The highest BCUT2D eigenvalue weighted by atomic mass is 79.9. The predicted octanol–water partition coefficient (Wildman–Crippen LogP) is 3.29. The molecule has 1 aromatic carbocycles. The van der Waals surface area contributed by atoms with Gasteiger partial charge in [0.05, 0.1) is 0 Å². The van der Waals surface area contributed by atoms with Crippen molar-refractivity contribution in [3.05, 3.63) is 45.9 Å². The van der Waals surface area contributed by atoms with Gasteiger partial charge in [0.15, 0.2) is 0 Å². The Balaban J connectivity index is 3.12. The Morgan fingerprint density at radius 2 is 2.25 bits per heavy atom. The summed E-state index contributed by atoms with van der Waals surface area (Å²) in [5.41, 5.74) is 6.63. The maximum atomic E-state index is 5.92. The summed E-state index contributed by atoms with van der Waals surface area (Å²) in [4.78, 5) is 0. The zero-order chi connectivity index (χ0) is 9.14. The molecule has 1 aromatic rings. The van der Waals surface area contributed by atoms with Gasteiger partial charge >= 0.3 is 0 Å². The van der Waals surface area contributed by atoms with E-state index in [0.29, 0.717) is 5.02 Å². The summed E-state index contributed by atoms with van der Waals surface area (Å²) >= 11 is 9.27. The second kappa shape index (κ2) is 4.08. The van der Waals surface area contributed by atoms with Crippen LogP contribution in [0.5, 0.6) is 0 Å². The molecule has 0 amide bonds. The van der Waals surface area contributed by atoms with Crippen molar-refractivity contribution in [2.45, 2.75) is 6.04 Å². The summed E-state index contributed by atoms with van der Waals surface area (Å²) in [6, 6.07) is 5.38. The van der Waals surface area contributed by atoms with Gasteiger partial charge in [-0.3, -0.25) is 0 Å².